The fourth-order valence-electron chi connectivity index (χ4n) is 1.40. The third-order valence-corrected chi connectivity index (χ3v) is 2.95. The Morgan fingerprint density at radius 1 is 1.59 bits per heavy atom. The maximum absolute atomic E-state index is 8.86. The Kier molecular flexibility index (Phi) is 3.67. The lowest BCUT2D eigenvalue weighted by molar-refractivity contribution is 0.755. The lowest BCUT2D eigenvalue weighted by Crippen LogP contribution is -2.06. The van der Waals surface area contributed by atoms with E-state index in [1.807, 2.05) is 6.07 Å². The minimum Gasteiger partial charge on any atom is -0.374 e. The van der Waals surface area contributed by atoms with Crippen LogP contribution < -0.4 is 5.32 Å². The van der Waals surface area contributed by atoms with Gasteiger partial charge in [0.05, 0.1) is 6.54 Å². The molecule has 1 N–H and O–H groups in total. The smallest absolute Gasteiger partial charge is 0.213 e. The molecule has 0 saturated heterocycles. The molecule has 2 aromatic heterocycles. The van der Waals surface area contributed by atoms with Gasteiger partial charge in [0.2, 0.25) is 5.82 Å². The number of hydrogen-bond donors (Lipinski definition) is 1. The molecule has 2 aromatic rings. The highest BCUT2D eigenvalue weighted by Crippen LogP contribution is 2.18. The van der Waals surface area contributed by atoms with Gasteiger partial charge in [-0.15, -0.1) is 5.10 Å². The van der Waals surface area contributed by atoms with Crippen LogP contribution in [-0.4, -0.2) is 25.7 Å². The Hall–Kier alpha value is -1.94. The van der Waals surface area contributed by atoms with Crippen LogP contribution in [0.2, 0.25) is 0 Å². The fourth-order valence-corrected chi connectivity index (χ4v) is 1.99. The van der Waals surface area contributed by atoms with Crippen LogP contribution >= 0.6 is 11.5 Å². The van der Waals surface area contributed by atoms with Crippen molar-refractivity contribution >= 4 is 16.5 Å². The molecule has 2 rings (SSSR count). The lowest BCUT2D eigenvalue weighted by atomic mass is 10.4. The zero-order valence-corrected chi connectivity index (χ0v) is 10.2. The summed E-state index contributed by atoms with van der Waals surface area (Å²) in [4.78, 5) is 3.94. The van der Waals surface area contributed by atoms with Gasteiger partial charge in [0.1, 0.15) is 16.8 Å². The zero-order chi connectivity index (χ0) is 12.1. The average molecular weight is 248 g/mol. The van der Waals surface area contributed by atoms with Crippen molar-refractivity contribution in [2.24, 2.45) is 0 Å². The van der Waals surface area contributed by atoms with Crippen LogP contribution in [0, 0.1) is 11.3 Å². The van der Waals surface area contributed by atoms with Gasteiger partial charge in [-0.05, 0) is 6.42 Å². The third-order valence-electron chi connectivity index (χ3n) is 2.23. The molecule has 0 bridgehead atoms. The first-order chi connectivity index (χ1) is 8.35. The average Bonchev–Trinajstić information content (AvgIpc) is 2.96. The highest BCUT2D eigenvalue weighted by atomic mass is 32.1. The molecular formula is C10H12N6S. The van der Waals surface area contributed by atoms with Crippen molar-refractivity contribution in [1.29, 1.82) is 5.26 Å². The van der Waals surface area contributed by atoms with Crippen molar-refractivity contribution in [3.63, 3.8) is 0 Å². The number of hydrogen-bond acceptors (Lipinski definition) is 6. The molecule has 2 heterocycles. The van der Waals surface area contributed by atoms with E-state index in [1.54, 1.807) is 17.0 Å². The molecule has 0 spiro atoms. The molecule has 0 aliphatic rings. The van der Waals surface area contributed by atoms with Gasteiger partial charge in [0.25, 0.3) is 0 Å². The van der Waals surface area contributed by atoms with Gasteiger partial charge < -0.3 is 9.88 Å². The van der Waals surface area contributed by atoms with Crippen molar-refractivity contribution in [2.75, 3.05) is 11.9 Å². The van der Waals surface area contributed by atoms with Crippen LogP contribution in [-0.2, 0) is 6.54 Å². The largest absolute Gasteiger partial charge is 0.374 e. The molecule has 0 aliphatic heterocycles. The maximum Gasteiger partial charge on any atom is 0.213 e. The van der Waals surface area contributed by atoms with E-state index in [1.165, 1.54) is 11.5 Å². The summed E-state index contributed by atoms with van der Waals surface area (Å²) in [6, 6.07) is 2.04. The van der Waals surface area contributed by atoms with Crippen molar-refractivity contribution in [3.05, 3.63) is 23.9 Å². The van der Waals surface area contributed by atoms with Crippen molar-refractivity contribution in [3.8, 4) is 6.07 Å². The van der Waals surface area contributed by atoms with E-state index < -0.39 is 0 Å². The number of anilines is 1. The molecule has 0 amide bonds. The van der Waals surface area contributed by atoms with Gasteiger partial charge in [-0.25, -0.2) is 4.98 Å². The highest BCUT2D eigenvalue weighted by Gasteiger charge is 2.10. The molecule has 17 heavy (non-hydrogen) atoms. The van der Waals surface area contributed by atoms with E-state index >= 15 is 0 Å². The summed E-state index contributed by atoms with van der Waals surface area (Å²) < 4.78 is 5.68. The van der Waals surface area contributed by atoms with Gasteiger partial charge in [-0.2, -0.15) is 5.26 Å². The van der Waals surface area contributed by atoms with Gasteiger partial charge in [-0.3, -0.25) is 0 Å². The second-order valence-electron chi connectivity index (χ2n) is 3.47. The molecule has 7 heteroatoms. The normalized spacial score (nSPS) is 10.1. The Morgan fingerprint density at radius 3 is 3.24 bits per heavy atom. The predicted octanol–water partition coefficient (Wildman–Crippen LogP) is 1.48. The Balaban J connectivity index is 2.14. The summed E-state index contributed by atoms with van der Waals surface area (Å²) in [5, 5.41) is 17.2. The second-order valence-corrected chi connectivity index (χ2v) is 4.22. The van der Waals surface area contributed by atoms with E-state index in [2.05, 4.69) is 26.8 Å². The molecule has 0 saturated carbocycles. The van der Waals surface area contributed by atoms with Crippen LogP contribution in [0.5, 0.6) is 0 Å². The van der Waals surface area contributed by atoms with Crippen LogP contribution in [0.4, 0.5) is 5.00 Å². The number of imidazole rings is 1. The Labute approximate surface area is 103 Å². The molecule has 0 fully saturated rings. The van der Waals surface area contributed by atoms with Gasteiger partial charge in [0.15, 0.2) is 0 Å². The van der Waals surface area contributed by atoms with Crippen molar-refractivity contribution in [1.82, 2.24) is 19.1 Å². The second kappa shape index (κ2) is 5.41. The molecule has 0 aliphatic carbocycles. The molecule has 0 unspecified atom stereocenters. The summed E-state index contributed by atoms with van der Waals surface area (Å²) in [6.07, 6.45) is 4.42. The van der Waals surface area contributed by atoms with E-state index in [0.717, 1.165) is 23.7 Å². The molecule has 0 radical (unpaired) electrons. The van der Waals surface area contributed by atoms with Gasteiger partial charge in [-0.1, -0.05) is 11.4 Å². The zero-order valence-electron chi connectivity index (χ0n) is 9.42. The van der Waals surface area contributed by atoms with E-state index in [0.29, 0.717) is 12.4 Å². The first-order valence-electron chi connectivity index (χ1n) is 5.31. The summed E-state index contributed by atoms with van der Waals surface area (Å²) >= 11 is 1.34. The van der Waals surface area contributed by atoms with Gasteiger partial charge in [0, 0.05) is 30.5 Å². The number of rotatable bonds is 5. The van der Waals surface area contributed by atoms with Crippen molar-refractivity contribution < 1.29 is 0 Å². The van der Waals surface area contributed by atoms with Crippen LogP contribution in [0.25, 0.3) is 0 Å². The van der Waals surface area contributed by atoms with E-state index in [-0.39, 0.29) is 0 Å². The molecule has 88 valence electrons. The Morgan fingerprint density at radius 2 is 2.47 bits per heavy atom. The minimum atomic E-state index is 0.388. The number of aromatic nitrogens is 4. The first kappa shape index (κ1) is 11.5. The molecule has 6 nitrogen and oxygen atoms in total. The summed E-state index contributed by atoms with van der Waals surface area (Å²) in [6.45, 7) is 3.52. The monoisotopic (exact) mass is 248 g/mol. The molecular weight excluding hydrogens is 236 g/mol. The molecule has 0 aromatic carbocycles. The highest BCUT2D eigenvalue weighted by molar-refractivity contribution is 7.10. The van der Waals surface area contributed by atoms with Crippen molar-refractivity contribution in [2.45, 2.75) is 19.9 Å². The van der Waals surface area contributed by atoms with Crippen LogP contribution in [0.15, 0.2) is 12.4 Å². The fraction of sp³-hybridized carbons (Fsp3) is 0.400. The Bertz CT molecular complexity index is 523. The lowest BCUT2D eigenvalue weighted by Gasteiger charge is -2.04. The topological polar surface area (TPSA) is 79.4 Å². The van der Waals surface area contributed by atoms with Gasteiger partial charge >= 0.3 is 0 Å². The SMILES string of the molecule is CCCNc1snnc1Cn1ccnc1C#N. The quantitative estimate of drug-likeness (QED) is 0.866. The van der Waals surface area contributed by atoms with Crippen LogP contribution in [0.1, 0.15) is 24.9 Å². The van der Waals surface area contributed by atoms with E-state index in [9.17, 15) is 0 Å². The van der Waals surface area contributed by atoms with E-state index in [4.69, 9.17) is 5.26 Å². The standard InChI is InChI=1S/C10H12N6S/c1-2-3-13-10-8(14-15-17-10)7-16-5-4-12-9(16)6-11/h4-5,13H,2-3,7H2,1H3. The number of nitrogens with zero attached hydrogens (tertiary/aromatic N) is 5. The maximum atomic E-state index is 8.86. The number of nitrogens with one attached hydrogen (secondary N) is 1. The summed E-state index contributed by atoms with van der Waals surface area (Å²) in [7, 11) is 0. The van der Waals surface area contributed by atoms with Crippen LogP contribution in [0.3, 0.4) is 0 Å². The minimum absolute atomic E-state index is 0.388. The summed E-state index contributed by atoms with van der Waals surface area (Å²) in [5.41, 5.74) is 0.845. The third kappa shape index (κ3) is 2.60. The molecule has 0 atom stereocenters. The number of nitriles is 1. The first-order valence-corrected chi connectivity index (χ1v) is 6.08. The summed E-state index contributed by atoms with van der Waals surface area (Å²) in [5.74, 6) is 0.388. The predicted molar refractivity (Wildman–Crippen MR) is 64.7 cm³/mol.